The molecule has 1 saturated heterocycles. The van der Waals surface area contributed by atoms with Gasteiger partial charge < -0.3 is 10.6 Å². The van der Waals surface area contributed by atoms with Crippen molar-refractivity contribution in [1.82, 2.24) is 5.32 Å². The Morgan fingerprint density at radius 3 is 2.56 bits per heavy atom. The summed E-state index contributed by atoms with van der Waals surface area (Å²) in [7, 11) is 0. The van der Waals surface area contributed by atoms with Crippen LogP contribution < -0.4 is 10.6 Å². The van der Waals surface area contributed by atoms with Crippen LogP contribution in [0, 0.1) is 0 Å². The number of amides is 2. The van der Waals surface area contributed by atoms with Crippen molar-refractivity contribution in [3.63, 3.8) is 0 Å². The molecule has 27 heavy (non-hydrogen) atoms. The number of carbonyl (C=O) groups excluding carboxylic acids is 2. The quantitative estimate of drug-likeness (QED) is 0.625. The lowest BCUT2D eigenvalue weighted by atomic mass is 10.2. The Hall–Kier alpha value is -1.44. The molecule has 0 aliphatic carbocycles. The number of benzene rings is 2. The number of halogens is 1. The number of hydrogen-bond acceptors (Lipinski definition) is 4. The van der Waals surface area contributed by atoms with Gasteiger partial charge in [-0.15, -0.1) is 23.5 Å². The third-order valence-corrected chi connectivity index (χ3v) is 7.56. The van der Waals surface area contributed by atoms with Crippen molar-refractivity contribution in [2.24, 2.45) is 0 Å². The minimum atomic E-state index is -0.177. The Bertz CT molecular complexity index is 793. The molecule has 0 spiro atoms. The lowest BCUT2D eigenvalue weighted by molar-refractivity contribution is -0.116. The highest BCUT2D eigenvalue weighted by Crippen LogP contribution is 2.44. The molecule has 2 aromatic rings. The van der Waals surface area contributed by atoms with Gasteiger partial charge >= 0.3 is 0 Å². The molecule has 1 fully saturated rings. The van der Waals surface area contributed by atoms with Crippen LogP contribution >= 0.6 is 39.5 Å². The first-order chi connectivity index (χ1) is 13.1. The highest BCUT2D eigenvalue weighted by Gasteiger charge is 2.17. The van der Waals surface area contributed by atoms with Crippen molar-refractivity contribution in [2.45, 2.75) is 17.4 Å². The van der Waals surface area contributed by atoms with Gasteiger partial charge in [-0.1, -0.05) is 28.1 Å². The second-order valence-corrected chi connectivity index (χ2v) is 9.75. The summed E-state index contributed by atoms with van der Waals surface area (Å²) in [5, 5.41) is 5.70. The number of thioether (sulfide) groups is 2. The van der Waals surface area contributed by atoms with E-state index in [-0.39, 0.29) is 18.2 Å². The SMILES string of the molecule is O=C(CCNC(=O)c1ccc(Br)cc1)Nc1cccc(C2SCCCS2)c1. The van der Waals surface area contributed by atoms with Gasteiger partial charge in [-0.25, -0.2) is 0 Å². The van der Waals surface area contributed by atoms with E-state index in [0.29, 0.717) is 16.7 Å². The van der Waals surface area contributed by atoms with Crippen LogP contribution in [0.3, 0.4) is 0 Å². The van der Waals surface area contributed by atoms with Crippen LogP contribution in [0.1, 0.15) is 33.3 Å². The first kappa shape index (κ1) is 20.3. The first-order valence-electron chi connectivity index (χ1n) is 8.78. The van der Waals surface area contributed by atoms with Crippen LogP contribution in [0.15, 0.2) is 53.0 Å². The van der Waals surface area contributed by atoms with Gasteiger partial charge in [0.1, 0.15) is 0 Å². The summed E-state index contributed by atoms with van der Waals surface area (Å²) in [6.45, 7) is 0.300. The molecule has 2 aromatic carbocycles. The van der Waals surface area contributed by atoms with Crippen LogP contribution in [-0.4, -0.2) is 29.9 Å². The molecule has 1 heterocycles. The molecule has 0 atom stereocenters. The molecule has 0 unspecified atom stereocenters. The minimum absolute atomic E-state index is 0.104. The lowest BCUT2D eigenvalue weighted by Crippen LogP contribution is -2.27. The number of hydrogen-bond donors (Lipinski definition) is 2. The number of anilines is 1. The summed E-state index contributed by atoms with van der Waals surface area (Å²) in [6.07, 6.45) is 1.49. The molecule has 0 saturated carbocycles. The highest BCUT2D eigenvalue weighted by molar-refractivity contribution is 9.10. The van der Waals surface area contributed by atoms with Crippen LogP contribution in [0.4, 0.5) is 5.69 Å². The summed E-state index contributed by atoms with van der Waals surface area (Å²) in [6, 6.07) is 15.2. The van der Waals surface area contributed by atoms with Crippen molar-refractivity contribution in [2.75, 3.05) is 23.4 Å². The fraction of sp³-hybridized carbons (Fsp3) is 0.300. The van der Waals surface area contributed by atoms with Gasteiger partial charge in [0.25, 0.3) is 5.91 Å². The van der Waals surface area contributed by atoms with Crippen molar-refractivity contribution >= 4 is 57.0 Å². The molecular formula is C20H21BrN2O2S2. The third kappa shape index (κ3) is 6.30. The Morgan fingerprint density at radius 1 is 1.07 bits per heavy atom. The Balaban J connectivity index is 1.46. The lowest BCUT2D eigenvalue weighted by Gasteiger charge is -2.21. The van der Waals surface area contributed by atoms with Gasteiger partial charge in [0, 0.05) is 28.7 Å². The van der Waals surface area contributed by atoms with E-state index in [1.165, 1.54) is 23.5 Å². The molecule has 0 aromatic heterocycles. The maximum atomic E-state index is 12.2. The Kier molecular flexibility index (Phi) is 7.67. The highest BCUT2D eigenvalue weighted by atomic mass is 79.9. The summed E-state index contributed by atoms with van der Waals surface area (Å²) < 4.78 is 1.37. The molecular weight excluding hydrogens is 444 g/mol. The van der Waals surface area contributed by atoms with Gasteiger partial charge in [0.15, 0.2) is 0 Å². The Morgan fingerprint density at radius 2 is 1.81 bits per heavy atom. The van der Waals surface area contributed by atoms with Gasteiger partial charge in [0.2, 0.25) is 5.91 Å². The van der Waals surface area contributed by atoms with E-state index in [1.54, 1.807) is 12.1 Å². The molecule has 0 bridgehead atoms. The van der Waals surface area contributed by atoms with Crippen molar-refractivity contribution in [3.05, 3.63) is 64.1 Å². The van der Waals surface area contributed by atoms with E-state index in [9.17, 15) is 9.59 Å². The zero-order chi connectivity index (χ0) is 19.1. The molecule has 1 aliphatic heterocycles. The second-order valence-electron chi connectivity index (χ2n) is 6.11. The van der Waals surface area contributed by atoms with E-state index in [2.05, 4.69) is 32.6 Å². The summed E-state index contributed by atoms with van der Waals surface area (Å²) in [5.41, 5.74) is 2.63. The van der Waals surface area contributed by atoms with Crippen molar-refractivity contribution in [3.8, 4) is 0 Å². The molecule has 7 heteroatoms. The zero-order valence-corrected chi connectivity index (χ0v) is 18.0. The van der Waals surface area contributed by atoms with Gasteiger partial charge in [-0.3, -0.25) is 9.59 Å². The van der Waals surface area contributed by atoms with Crippen LogP contribution in [0.25, 0.3) is 0 Å². The fourth-order valence-electron chi connectivity index (χ4n) is 2.66. The van der Waals surface area contributed by atoms with Gasteiger partial charge in [0.05, 0.1) is 4.58 Å². The first-order valence-corrected chi connectivity index (χ1v) is 11.7. The molecule has 0 radical (unpaired) electrons. The molecule has 2 amide bonds. The predicted molar refractivity (Wildman–Crippen MR) is 118 cm³/mol. The van der Waals surface area contributed by atoms with Crippen molar-refractivity contribution < 1.29 is 9.59 Å². The molecule has 142 valence electrons. The molecule has 4 nitrogen and oxygen atoms in total. The maximum absolute atomic E-state index is 12.2. The topological polar surface area (TPSA) is 58.2 Å². The summed E-state index contributed by atoms with van der Waals surface area (Å²) >= 11 is 7.26. The average Bonchev–Trinajstić information content (AvgIpc) is 2.69. The maximum Gasteiger partial charge on any atom is 0.251 e. The molecule has 1 aliphatic rings. The van der Waals surface area contributed by atoms with E-state index < -0.39 is 0 Å². The second kappa shape index (κ2) is 10.2. The van der Waals surface area contributed by atoms with Crippen LogP contribution in [-0.2, 0) is 4.79 Å². The summed E-state index contributed by atoms with van der Waals surface area (Å²) in [5.74, 6) is 2.09. The predicted octanol–water partition coefficient (Wildman–Crippen LogP) is 5.08. The fourth-order valence-corrected chi connectivity index (χ4v) is 5.80. The molecule has 3 rings (SSSR count). The van der Waals surface area contributed by atoms with E-state index >= 15 is 0 Å². The standard InChI is InChI=1S/C20H21BrN2O2S2/c21-16-7-5-14(6-8-16)19(25)22-10-9-18(24)23-17-4-1-3-15(13-17)20-26-11-2-12-27-20/h1,3-8,13,20H,2,9-12H2,(H,22,25)(H,23,24). The normalized spacial score (nSPS) is 14.6. The number of rotatable bonds is 6. The number of carbonyl (C=O) groups is 2. The largest absolute Gasteiger partial charge is 0.352 e. The van der Waals surface area contributed by atoms with Gasteiger partial charge in [-0.2, -0.15) is 0 Å². The van der Waals surface area contributed by atoms with Crippen LogP contribution in [0.5, 0.6) is 0 Å². The molecule has 2 N–H and O–H groups in total. The number of nitrogens with one attached hydrogen (secondary N) is 2. The summed E-state index contributed by atoms with van der Waals surface area (Å²) in [4.78, 5) is 24.2. The minimum Gasteiger partial charge on any atom is -0.352 e. The van der Waals surface area contributed by atoms with Gasteiger partial charge in [-0.05, 0) is 59.9 Å². The monoisotopic (exact) mass is 464 g/mol. The van der Waals surface area contributed by atoms with E-state index in [0.717, 1.165) is 10.2 Å². The van der Waals surface area contributed by atoms with Crippen molar-refractivity contribution in [1.29, 1.82) is 0 Å². The Labute approximate surface area is 176 Å². The average molecular weight is 465 g/mol. The van der Waals surface area contributed by atoms with Crippen LogP contribution in [0.2, 0.25) is 0 Å². The van der Waals surface area contributed by atoms with E-state index in [1.807, 2.05) is 53.9 Å². The van der Waals surface area contributed by atoms with E-state index in [4.69, 9.17) is 0 Å². The third-order valence-electron chi connectivity index (χ3n) is 4.01. The smallest absolute Gasteiger partial charge is 0.251 e. The zero-order valence-electron chi connectivity index (χ0n) is 14.7.